The van der Waals surface area contributed by atoms with Crippen LogP contribution in [0.2, 0.25) is 0 Å². The number of rotatable bonds is 4. The lowest BCUT2D eigenvalue weighted by atomic mass is 10.0. The number of aliphatic hydroxyl groups is 1. The lowest BCUT2D eigenvalue weighted by Gasteiger charge is -2.25. The fourth-order valence-electron chi connectivity index (χ4n) is 3.68. The molecule has 3 atom stereocenters. The van der Waals surface area contributed by atoms with Crippen LogP contribution in [0.4, 0.5) is 5.69 Å². The van der Waals surface area contributed by atoms with Gasteiger partial charge in [0.2, 0.25) is 0 Å². The van der Waals surface area contributed by atoms with Crippen LogP contribution < -0.4 is 14.4 Å². The molecule has 1 aromatic heterocycles. The van der Waals surface area contributed by atoms with Crippen molar-refractivity contribution in [1.82, 2.24) is 9.97 Å². The molecule has 140 valence electrons. The maximum Gasteiger partial charge on any atom is 0.124 e. The standard InChI is InChI=1S/C20H22N4O3/c1-11-18(25)17(20-22-15-6-4-5-7-16(15)23-20)19(21)24(11)12-8-13(26-2)10-14(9-12)27-3/h4-11,17-18,21,25H,1-3H3,(H,22,23). The maximum absolute atomic E-state index is 10.9. The van der Waals surface area contributed by atoms with Gasteiger partial charge in [0.05, 0.1) is 37.4 Å². The summed E-state index contributed by atoms with van der Waals surface area (Å²) in [6, 6.07) is 12.8. The molecule has 7 nitrogen and oxygen atoms in total. The second-order valence-electron chi connectivity index (χ2n) is 6.67. The molecule has 1 aliphatic rings. The summed E-state index contributed by atoms with van der Waals surface area (Å²) in [6.07, 6.45) is -0.768. The molecule has 4 rings (SSSR count). The third kappa shape index (κ3) is 2.80. The number of nitrogens with one attached hydrogen (secondary N) is 2. The van der Waals surface area contributed by atoms with Crippen LogP contribution in [-0.4, -0.2) is 47.3 Å². The van der Waals surface area contributed by atoms with Crippen LogP contribution in [0.5, 0.6) is 11.5 Å². The molecule has 2 heterocycles. The number of aliphatic hydroxyl groups excluding tert-OH is 1. The van der Waals surface area contributed by atoms with Crippen molar-refractivity contribution in [2.45, 2.75) is 25.0 Å². The molecule has 3 unspecified atom stereocenters. The van der Waals surface area contributed by atoms with E-state index in [9.17, 15) is 5.11 Å². The van der Waals surface area contributed by atoms with E-state index < -0.39 is 12.0 Å². The summed E-state index contributed by atoms with van der Waals surface area (Å²) in [7, 11) is 3.17. The number of imidazole rings is 1. The van der Waals surface area contributed by atoms with Gasteiger partial charge < -0.3 is 24.5 Å². The normalized spacial score (nSPS) is 22.4. The highest BCUT2D eigenvalue weighted by Gasteiger charge is 2.45. The van der Waals surface area contributed by atoms with Crippen LogP contribution in [0.1, 0.15) is 18.7 Å². The van der Waals surface area contributed by atoms with E-state index in [0.717, 1.165) is 16.7 Å². The highest BCUT2D eigenvalue weighted by molar-refractivity contribution is 6.04. The van der Waals surface area contributed by atoms with Gasteiger partial charge in [0.15, 0.2) is 0 Å². The largest absolute Gasteiger partial charge is 0.497 e. The third-order valence-corrected chi connectivity index (χ3v) is 5.11. The minimum atomic E-state index is -0.768. The number of amidine groups is 1. The number of methoxy groups -OCH3 is 2. The van der Waals surface area contributed by atoms with Crippen molar-refractivity contribution < 1.29 is 14.6 Å². The molecule has 0 saturated carbocycles. The Morgan fingerprint density at radius 3 is 2.41 bits per heavy atom. The molecule has 0 aliphatic carbocycles. The summed E-state index contributed by atoms with van der Waals surface area (Å²) in [5.41, 5.74) is 2.45. The zero-order chi connectivity index (χ0) is 19.1. The molecule has 7 heteroatoms. The molecule has 3 N–H and O–H groups in total. The quantitative estimate of drug-likeness (QED) is 0.660. The smallest absolute Gasteiger partial charge is 0.124 e. The van der Waals surface area contributed by atoms with Gasteiger partial charge in [-0.2, -0.15) is 0 Å². The van der Waals surface area contributed by atoms with E-state index in [1.807, 2.05) is 43.3 Å². The van der Waals surface area contributed by atoms with Crippen LogP contribution >= 0.6 is 0 Å². The van der Waals surface area contributed by atoms with Gasteiger partial charge in [-0.05, 0) is 19.1 Å². The first kappa shape index (κ1) is 17.4. The minimum Gasteiger partial charge on any atom is -0.497 e. The van der Waals surface area contributed by atoms with Gasteiger partial charge in [0, 0.05) is 23.9 Å². The summed E-state index contributed by atoms with van der Waals surface area (Å²) in [4.78, 5) is 9.64. The molecule has 1 aliphatic heterocycles. The van der Waals surface area contributed by atoms with E-state index in [2.05, 4.69) is 9.97 Å². The van der Waals surface area contributed by atoms with Gasteiger partial charge in [-0.1, -0.05) is 12.1 Å². The second kappa shape index (κ2) is 6.59. The van der Waals surface area contributed by atoms with Crippen molar-refractivity contribution in [2.24, 2.45) is 0 Å². The van der Waals surface area contributed by atoms with Gasteiger partial charge in [0.25, 0.3) is 0 Å². The predicted octanol–water partition coefficient (Wildman–Crippen LogP) is 2.91. The molecular formula is C20H22N4O3. The van der Waals surface area contributed by atoms with E-state index in [0.29, 0.717) is 17.3 Å². The SMILES string of the molecule is COc1cc(OC)cc(N2C(=N)C(c3nc4ccccc4[nH]3)C(O)C2C)c1. The molecule has 3 aromatic rings. The molecule has 0 radical (unpaired) electrons. The Morgan fingerprint density at radius 2 is 1.78 bits per heavy atom. The van der Waals surface area contributed by atoms with Crippen molar-refractivity contribution >= 4 is 22.6 Å². The summed E-state index contributed by atoms with van der Waals surface area (Å²) >= 11 is 0. The average Bonchev–Trinajstić information content (AvgIpc) is 3.19. The number of H-pyrrole nitrogens is 1. The summed E-state index contributed by atoms with van der Waals surface area (Å²) in [6.45, 7) is 1.90. The summed E-state index contributed by atoms with van der Waals surface area (Å²) in [5, 5.41) is 19.6. The van der Waals surface area contributed by atoms with E-state index >= 15 is 0 Å². The Hall–Kier alpha value is -3.06. The van der Waals surface area contributed by atoms with Crippen LogP contribution in [0, 0.1) is 5.41 Å². The van der Waals surface area contributed by atoms with Crippen molar-refractivity contribution in [1.29, 1.82) is 5.41 Å². The Morgan fingerprint density at radius 1 is 1.11 bits per heavy atom. The van der Waals surface area contributed by atoms with Crippen LogP contribution in [0.25, 0.3) is 11.0 Å². The van der Waals surface area contributed by atoms with E-state index in [1.54, 1.807) is 25.2 Å². The van der Waals surface area contributed by atoms with Crippen molar-refractivity contribution in [2.75, 3.05) is 19.1 Å². The Bertz CT molecular complexity index is 945. The second-order valence-corrected chi connectivity index (χ2v) is 6.67. The van der Waals surface area contributed by atoms with Gasteiger partial charge in [-0.25, -0.2) is 4.98 Å². The molecule has 2 aromatic carbocycles. The van der Waals surface area contributed by atoms with Gasteiger partial charge in [0.1, 0.15) is 29.1 Å². The molecule has 0 amide bonds. The van der Waals surface area contributed by atoms with Crippen molar-refractivity contribution in [3.05, 3.63) is 48.3 Å². The monoisotopic (exact) mass is 366 g/mol. The van der Waals surface area contributed by atoms with Gasteiger partial charge >= 0.3 is 0 Å². The molecule has 27 heavy (non-hydrogen) atoms. The molecule has 0 spiro atoms. The van der Waals surface area contributed by atoms with E-state index in [-0.39, 0.29) is 11.9 Å². The number of aromatic amines is 1. The number of aromatic nitrogens is 2. The number of fused-ring (bicyclic) bond motifs is 1. The number of anilines is 1. The highest BCUT2D eigenvalue weighted by atomic mass is 16.5. The fourth-order valence-corrected chi connectivity index (χ4v) is 3.68. The Balaban J connectivity index is 1.75. The molecule has 0 bridgehead atoms. The highest BCUT2D eigenvalue weighted by Crippen LogP contribution is 2.39. The summed E-state index contributed by atoms with van der Waals surface area (Å²) in [5.74, 6) is 1.60. The fraction of sp³-hybridized carbons (Fsp3) is 0.300. The molecular weight excluding hydrogens is 344 g/mol. The topological polar surface area (TPSA) is 94.5 Å². The lowest BCUT2D eigenvalue weighted by Crippen LogP contribution is -2.34. The Kier molecular flexibility index (Phi) is 4.24. The zero-order valence-corrected chi connectivity index (χ0v) is 15.4. The van der Waals surface area contributed by atoms with Gasteiger partial charge in [-0.15, -0.1) is 0 Å². The lowest BCUT2D eigenvalue weighted by molar-refractivity contribution is 0.155. The number of para-hydroxylation sites is 2. The number of benzene rings is 2. The predicted molar refractivity (Wildman–Crippen MR) is 104 cm³/mol. The average molecular weight is 366 g/mol. The number of nitrogens with zero attached hydrogens (tertiary/aromatic N) is 2. The van der Waals surface area contributed by atoms with Gasteiger partial charge in [-0.3, -0.25) is 5.41 Å². The first-order chi connectivity index (χ1) is 13.0. The Labute approximate surface area is 157 Å². The first-order valence-electron chi connectivity index (χ1n) is 8.77. The summed E-state index contributed by atoms with van der Waals surface area (Å²) < 4.78 is 10.7. The third-order valence-electron chi connectivity index (χ3n) is 5.11. The van der Waals surface area contributed by atoms with Crippen molar-refractivity contribution in [3.8, 4) is 11.5 Å². The maximum atomic E-state index is 10.9. The first-order valence-corrected chi connectivity index (χ1v) is 8.77. The van der Waals surface area contributed by atoms with Crippen LogP contribution in [0.3, 0.4) is 0 Å². The molecule has 1 saturated heterocycles. The number of hydrogen-bond acceptors (Lipinski definition) is 5. The van der Waals surface area contributed by atoms with Crippen molar-refractivity contribution in [3.63, 3.8) is 0 Å². The van der Waals surface area contributed by atoms with E-state index in [1.165, 1.54) is 0 Å². The van der Waals surface area contributed by atoms with E-state index in [4.69, 9.17) is 14.9 Å². The minimum absolute atomic E-state index is 0.282. The van der Waals surface area contributed by atoms with Crippen LogP contribution in [0.15, 0.2) is 42.5 Å². The zero-order valence-electron chi connectivity index (χ0n) is 15.4. The molecule has 1 fully saturated rings. The number of ether oxygens (including phenoxy) is 2. The van der Waals surface area contributed by atoms with Crippen LogP contribution in [-0.2, 0) is 0 Å². The number of hydrogen-bond donors (Lipinski definition) is 3.